The van der Waals surface area contributed by atoms with E-state index in [4.69, 9.17) is 5.11 Å². The summed E-state index contributed by atoms with van der Waals surface area (Å²) in [6, 6.07) is 7.43. The molecule has 2 heterocycles. The molecule has 1 aliphatic rings. The first kappa shape index (κ1) is 16.0. The van der Waals surface area contributed by atoms with Crippen LogP contribution in [0.5, 0.6) is 5.75 Å². The molecule has 0 radical (unpaired) electrons. The Kier molecular flexibility index (Phi) is 4.24. The van der Waals surface area contributed by atoms with Gasteiger partial charge in [0.2, 0.25) is 5.69 Å². The highest BCUT2D eigenvalue weighted by Crippen LogP contribution is 2.28. The maximum absolute atomic E-state index is 11.7. The molecule has 1 aliphatic heterocycles. The van der Waals surface area contributed by atoms with Crippen LogP contribution in [0.3, 0.4) is 0 Å². The highest BCUT2D eigenvalue weighted by molar-refractivity contribution is 5.85. The summed E-state index contributed by atoms with van der Waals surface area (Å²) < 4.78 is 1.26. The number of rotatable bonds is 3. The Bertz CT molecular complexity index is 831. The predicted octanol–water partition coefficient (Wildman–Crippen LogP) is 1.87. The third-order valence-electron chi connectivity index (χ3n) is 4.23. The van der Waals surface area contributed by atoms with E-state index < -0.39 is 22.8 Å². The molecule has 1 fully saturated rings. The highest BCUT2D eigenvalue weighted by Gasteiger charge is 2.21. The molecule has 0 amide bonds. The van der Waals surface area contributed by atoms with Crippen LogP contribution in [0.25, 0.3) is 5.69 Å². The van der Waals surface area contributed by atoms with Gasteiger partial charge in [-0.25, -0.2) is 9.48 Å². The van der Waals surface area contributed by atoms with Gasteiger partial charge in [0.25, 0.3) is 5.43 Å². The van der Waals surface area contributed by atoms with Crippen molar-refractivity contribution in [3.63, 3.8) is 0 Å². The van der Waals surface area contributed by atoms with Crippen molar-refractivity contribution in [1.29, 1.82) is 0 Å². The molecule has 2 aromatic rings. The third kappa shape index (κ3) is 2.97. The van der Waals surface area contributed by atoms with E-state index in [1.807, 2.05) is 18.2 Å². The molecule has 1 atom stereocenters. The van der Waals surface area contributed by atoms with Crippen molar-refractivity contribution in [2.75, 3.05) is 18.0 Å². The molecule has 0 aliphatic carbocycles. The SMILES string of the molecule is CC1CCCN(c2ccccc2-n2cc(O)c(=O)c(C(=O)O)n2)C1. The summed E-state index contributed by atoms with van der Waals surface area (Å²) in [4.78, 5) is 25.1. The minimum atomic E-state index is -1.46. The molecular formula is C17H19N3O4. The lowest BCUT2D eigenvalue weighted by atomic mass is 9.99. The Morgan fingerprint density at radius 1 is 1.29 bits per heavy atom. The lowest BCUT2D eigenvalue weighted by Crippen LogP contribution is -2.35. The number of carboxylic acids is 1. The van der Waals surface area contributed by atoms with E-state index in [1.54, 1.807) is 6.07 Å². The van der Waals surface area contributed by atoms with Crippen molar-refractivity contribution in [1.82, 2.24) is 9.78 Å². The van der Waals surface area contributed by atoms with Gasteiger partial charge in [0.1, 0.15) is 0 Å². The lowest BCUT2D eigenvalue weighted by molar-refractivity contribution is 0.0686. The molecule has 126 valence electrons. The summed E-state index contributed by atoms with van der Waals surface area (Å²) in [5.41, 5.74) is -0.153. The summed E-state index contributed by atoms with van der Waals surface area (Å²) in [7, 11) is 0. The van der Waals surface area contributed by atoms with Crippen LogP contribution in [0.1, 0.15) is 30.3 Å². The quantitative estimate of drug-likeness (QED) is 0.892. The number of anilines is 1. The molecule has 0 saturated carbocycles. The van der Waals surface area contributed by atoms with Gasteiger partial charge in [-0.2, -0.15) is 5.10 Å². The average Bonchev–Trinajstić information content (AvgIpc) is 2.57. The number of carboxylic acid groups (broad SMARTS) is 1. The summed E-state index contributed by atoms with van der Waals surface area (Å²) in [5, 5.41) is 22.8. The molecule has 1 aromatic carbocycles. The molecular weight excluding hydrogens is 310 g/mol. The molecule has 1 saturated heterocycles. The first-order valence-corrected chi connectivity index (χ1v) is 7.88. The molecule has 2 N–H and O–H groups in total. The summed E-state index contributed by atoms with van der Waals surface area (Å²) >= 11 is 0. The molecule has 24 heavy (non-hydrogen) atoms. The zero-order chi connectivity index (χ0) is 17.3. The molecule has 1 aromatic heterocycles. The van der Waals surface area contributed by atoms with E-state index in [0.717, 1.165) is 31.4 Å². The van der Waals surface area contributed by atoms with Crippen LogP contribution in [0.2, 0.25) is 0 Å². The van der Waals surface area contributed by atoms with Crippen molar-refractivity contribution in [2.24, 2.45) is 5.92 Å². The normalized spacial score (nSPS) is 17.7. The Morgan fingerprint density at radius 2 is 2.00 bits per heavy atom. The van der Waals surface area contributed by atoms with Crippen LogP contribution in [0.4, 0.5) is 5.69 Å². The van der Waals surface area contributed by atoms with Gasteiger partial charge in [0.05, 0.1) is 17.6 Å². The summed E-state index contributed by atoms with van der Waals surface area (Å²) in [6.07, 6.45) is 3.42. The van der Waals surface area contributed by atoms with Crippen LogP contribution in [0.15, 0.2) is 35.3 Å². The number of para-hydroxylation sites is 2. The van der Waals surface area contributed by atoms with E-state index in [1.165, 1.54) is 11.1 Å². The van der Waals surface area contributed by atoms with Gasteiger partial charge in [0, 0.05) is 13.1 Å². The highest BCUT2D eigenvalue weighted by atomic mass is 16.4. The average molecular weight is 329 g/mol. The smallest absolute Gasteiger partial charge is 0.360 e. The van der Waals surface area contributed by atoms with Crippen LogP contribution >= 0.6 is 0 Å². The van der Waals surface area contributed by atoms with Gasteiger partial charge < -0.3 is 15.1 Å². The zero-order valence-corrected chi connectivity index (χ0v) is 13.3. The molecule has 7 heteroatoms. The fourth-order valence-electron chi connectivity index (χ4n) is 3.07. The van der Waals surface area contributed by atoms with E-state index in [-0.39, 0.29) is 0 Å². The van der Waals surface area contributed by atoms with E-state index in [2.05, 4.69) is 16.9 Å². The van der Waals surface area contributed by atoms with Crippen molar-refractivity contribution in [3.8, 4) is 11.4 Å². The van der Waals surface area contributed by atoms with Gasteiger partial charge in [-0.3, -0.25) is 4.79 Å². The number of aromatic carboxylic acids is 1. The van der Waals surface area contributed by atoms with Crippen LogP contribution in [-0.4, -0.2) is 39.1 Å². The fourth-order valence-corrected chi connectivity index (χ4v) is 3.07. The zero-order valence-electron chi connectivity index (χ0n) is 13.3. The standard InChI is InChI=1S/C17H19N3O4/c1-11-5-4-8-19(9-11)12-6-2-3-7-13(12)20-10-14(21)16(22)15(18-20)17(23)24/h2-3,6-7,10-11,21H,4-5,8-9H2,1H3,(H,23,24). The Labute approximate surface area is 138 Å². The number of aromatic hydroxyl groups is 1. The number of carbonyl (C=O) groups is 1. The minimum absolute atomic E-state index is 0.566. The Hall–Kier alpha value is -2.83. The van der Waals surface area contributed by atoms with Gasteiger partial charge in [-0.05, 0) is 30.9 Å². The van der Waals surface area contributed by atoms with Gasteiger partial charge in [0.15, 0.2) is 5.75 Å². The first-order valence-electron chi connectivity index (χ1n) is 7.88. The van der Waals surface area contributed by atoms with E-state index >= 15 is 0 Å². The number of benzene rings is 1. The van der Waals surface area contributed by atoms with Crippen molar-refractivity contribution < 1.29 is 15.0 Å². The van der Waals surface area contributed by atoms with Crippen LogP contribution in [-0.2, 0) is 0 Å². The number of hydrogen-bond donors (Lipinski definition) is 2. The molecule has 3 rings (SSSR count). The fraction of sp³-hybridized carbons (Fsp3) is 0.353. The predicted molar refractivity (Wildman–Crippen MR) is 89.1 cm³/mol. The van der Waals surface area contributed by atoms with E-state index in [9.17, 15) is 14.7 Å². The van der Waals surface area contributed by atoms with Crippen molar-refractivity contribution in [3.05, 3.63) is 46.4 Å². The summed E-state index contributed by atoms with van der Waals surface area (Å²) in [6.45, 7) is 4.00. The van der Waals surface area contributed by atoms with Gasteiger partial charge >= 0.3 is 5.97 Å². The molecule has 0 bridgehead atoms. The Balaban J connectivity index is 2.11. The van der Waals surface area contributed by atoms with Crippen LogP contribution in [0, 0.1) is 5.92 Å². The molecule has 1 unspecified atom stereocenters. The minimum Gasteiger partial charge on any atom is -0.503 e. The largest absolute Gasteiger partial charge is 0.503 e. The van der Waals surface area contributed by atoms with Crippen LogP contribution < -0.4 is 10.3 Å². The lowest BCUT2D eigenvalue weighted by Gasteiger charge is -2.34. The maximum Gasteiger partial charge on any atom is 0.360 e. The van der Waals surface area contributed by atoms with Crippen molar-refractivity contribution in [2.45, 2.75) is 19.8 Å². The second kappa shape index (κ2) is 6.35. The van der Waals surface area contributed by atoms with Crippen molar-refractivity contribution >= 4 is 11.7 Å². The Morgan fingerprint density at radius 3 is 2.67 bits per heavy atom. The van der Waals surface area contributed by atoms with Gasteiger partial charge in [-0.1, -0.05) is 19.1 Å². The maximum atomic E-state index is 11.7. The number of aromatic nitrogens is 2. The summed E-state index contributed by atoms with van der Waals surface area (Å²) in [5.74, 6) is -1.53. The monoisotopic (exact) mass is 329 g/mol. The molecule has 0 spiro atoms. The second-order valence-electron chi connectivity index (χ2n) is 6.12. The van der Waals surface area contributed by atoms with Gasteiger partial charge in [-0.15, -0.1) is 0 Å². The number of hydrogen-bond acceptors (Lipinski definition) is 5. The third-order valence-corrected chi connectivity index (χ3v) is 4.23. The number of piperidine rings is 1. The van der Waals surface area contributed by atoms with E-state index in [0.29, 0.717) is 11.6 Å². The number of nitrogens with zero attached hydrogens (tertiary/aromatic N) is 3. The topological polar surface area (TPSA) is 95.7 Å². The molecule has 7 nitrogen and oxygen atoms in total. The second-order valence-corrected chi connectivity index (χ2v) is 6.12. The first-order chi connectivity index (χ1) is 11.5.